The van der Waals surface area contributed by atoms with E-state index in [-0.39, 0.29) is 5.03 Å². The predicted molar refractivity (Wildman–Crippen MR) is 99.6 cm³/mol. The number of aromatic nitrogens is 4. The maximum Gasteiger partial charge on any atom is 0.451 e. The highest BCUT2D eigenvalue weighted by atomic mass is 79.9. The average Bonchev–Trinajstić information content (AvgIpc) is 3.23. The van der Waals surface area contributed by atoms with Crippen LogP contribution in [0.4, 0.5) is 13.2 Å². The van der Waals surface area contributed by atoms with Crippen molar-refractivity contribution in [2.45, 2.75) is 15.5 Å². The molecule has 0 aliphatic heterocycles. The van der Waals surface area contributed by atoms with Crippen LogP contribution in [0.3, 0.4) is 0 Å². The van der Waals surface area contributed by atoms with Gasteiger partial charge in [0, 0.05) is 15.4 Å². The largest absolute Gasteiger partial charge is 0.451 e. The van der Waals surface area contributed by atoms with Gasteiger partial charge in [0.25, 0.3) is 0 Å². The van der Waals surface area contributed by atoms with Crippen molar-refractivity contribution < 1.29 is 13.2 Å². The van der Waals surface area contributed by atoms with Crippen LogP contribution in [0.1, 0.15) is 5.82 Å². The maximum atomic E-state index is 13.1. The van der Waals surface area contributed by atoms with Gasteiger partial charge >= 0.3 is 6.18 Å². The highest BCUT2D eigenvalue weighted by Gasteiger charge is 2.36. The summed E-state index contributed by atoms with van der Waals surface area (Å²) in [7, 11) is 0. The summed E-state index contributed by atoms with van der Waals surface area (Å²) in [6.07, 6.45) is -4.60. The van der Waals surface area contributed by atoms with Gasteiger partial charge in [-0.1, -0.05) is 45.5 Å². The predicted octanol–water partition coefficient (Wildman–Crippen LogP) is 6.14. The van der Waals surface area contributed by atoms with Crippen molar-refractivity contribution >= 4 is 60.6 Å². The van der Waals surface area contributed by atoms with E-state index in [1.807, 2.05) is 24.3 Å². The second-order valence-corrected chi connectivity index (χ2v) is 8.91. The van der Waals surface area contributed by atoms with Gasteiger partial charge in [-0.05, 0) is 29.3 Å². The summed E-state index contributed by atoms with van der Waals surface area (Å²) in [6, 6.07) is 9.25. The Bertz CT molecular complexity index is 1090. The third-order valence-corrected chi connectivity index (χ3v) is 6.75. The fourth-order valence-corrected chi connectivity index (χ4v) is 5.45. The second-order valence-electron chi connectivity index (χ2n) is 4.94. The van der Waals surface area contributed by atoms with Crippen molar-refractivity contribution in [3.8, 4) is 10.6 Å². The highest BCUT2D eigenvalue weighted by Crippen LogP contribution is 2.40. The Morgan fingerprint density at radius 3 is 2.62 bits per heavy atom. The summed E-state index contributed by atoms with van der Waals surface area (Å²) in [5.74, 6) is -1.15. The van der Waals surface area contributed by atoms with Crippen LogP contribution in [0.25, 0.3) is 20.8 Å². The molecule has 3 heterocycles. The molecular weight excluding hydrogens is 469 g/mol. The van der Waals surface area contributed by atoms with E-state index < -0.39 is 12.0 Å². The van der Waals surface area contributed by atoms with Crippen molar-refractivity contribution in [3.63, 3.8) is 0 Å². The molecule has 4 rings (SSSR count). The van der Waals surface area contributed by atoms with Crippen LogP contribution < -0.4 is 0 Å². The molecule has 0 saturated carbocycles. The van der Waals surface area contributed by atoms with E-state index in [0.29, 0.717) is 19.6 Å². The Morgan fingerprint density at radius 2 is 1.85 bits per heavy atom. The summed E-state index contributed by atoms with van der Waals surface area (Å²) in [4.78, 5) is 7.60. The molecule has 0 fully saturated rings. The molecule has 0 N–H and O–H groups in total. The lowest BCUT2D eigenvalue weighted by Crippen LogP contribution is -2.11. The Labute approximate surface area is 165 Å². The minimum Gasteiger partial charge on any atom is -0.217 e. The highest BCUT2D eigenvalue weighted by molar-refractivity contribution is 9.10. The molecule has 11 heteroatoms. The van der Waals surface area contributed by atoms with Crippen LogP contribution in [-0.2, 0) is 6.18 Å². The first kappa shape index (κ1) is 17.8. The van der Waals surface area contributed by atoms with Gasteiger partial charge < -0.3 is 0 Å². The smallest absolute Gasteiger partial charge is 0.217 e. The van der Waals surface area contributed by atoms with Gasteiger partial charge in [0.05, 0.1) is 0 Å². The zero-order chi connectivity index (χ0) is 18.3. The van der Waals surface area contributed by atoms with Gasteiger partial charge in [0.15, 0.2) is 4.34 Å². The Morgan fingerprint density at radius 1 is 1.04 bits per heavy atom. The van der Waals surface area contributed by atoms with E-state index in [9.17, 15) is 13.2 Å². The molecule has 0 saturated heterocycles. The normalized spacial score (nSPS) is 12.0. The van der Waals surface area contributed by atoms with Crippen molar-refractivity contribution in [2.24, 2.45) is 0 Å². The fraction of sp³-hybridized carbons (Fsp3) is 0.0667. The van der Waals surface area contributed by atoms with Gasteiger partial charge in [0.1, 0.15) is 14.9 Å². The molecule has 4 aromatic rings. The number of halogens is 4. The minimum atomic E-state index is -4.60. The lowest BCUT2D eigenvalue weighted by Gasteiger charge is -2.06. The number of alkyl halides is 3. The Kier molecular flexibility index (Phi) is 4.71. The van der Waals surface area contributed by atoms with Crippen LogP contribution in [0.2, 0.25) is 0 Å². The molecule has 0 bridgehead atoms. The zero-order valence-corrected chi connectivity index (χ0v) is 16.5. The van der Waals surface area contributed by atoms with Crippen LogP contribution in [0.15, 0.2) is 49.6 Å². The standard InChI is InChI=1S/C15H6BrF3N4S3/c16-9-4-2-1-3-7(9)12-22-23-14(26-12)25-11-8-5-6-24-10(8)20-13(21-11)15(17,18)19/h1-6H. The van der Waals surface area contributed by atoms with Gasteiger partial charge in [-0.2, -0.15) is 13.2 Å². The first-order chi connectivity index (χ1) is 12.4. The summed E-state index contributed by atoms with van der Waals surface area (Å²) in [6.45, 7) is 0. The Hall–Kier alpha value is -1.56. The van der Waals surface area contributed by atoms with Crippen LogP contribution in [-0.4, -0.2) is 20.2 Å². The molecule has 0 aliphatic rings. The van der Waals surface area contributed by atoms with E-state index >= 15 is 0 Å². The molecule has 3 aromatic heterocycles. The molecule has 1 aromatic carbocycles. The fourth-order valence-electron chi connectivity index (χ4n) is 2.11. The first-order valence-corrected chi connectivity index (χ1v) is 10.3. The lowest BCUT2D eigenvalue weighted by molar-refractivity contribution is -0.145. The summed E-state index contributed by atoms with van der Waals surface area (Å²) in [5.41, 5.74) is 0.871. The molecule has 0 aliphatic carbocycles. The van der Waals surface area contributed by atoms with Crippen molar-refractivity contribution in [3.05, 3.63) is 46.0 Å². The van der Waals surface area contributed by atoms with E-state index in [4.69, 9.17) is 0 Å². The molecule has 0 unspecified atom stereocenters. The second kappa shape index (κ2) is 6.87. The van der Waals surface area contributed by atoms with Crippen LogP contribution >= 0.6 is 50.4 Å². The number of hydrogen-bond acceptors (Lipinski definition) is 7. The number of rotatable bonds is 3. The first-order valence-electron chi connectivity index (χ1n) is 7.00. The average molecular weight is 475 g/mol. The minimum absolute atomic E-state index is 0.221. The topological polar surface area (TPSA) is 51.6 Å². The number of nitrogens with zero attached hydrogens (tertiary/aromatic N) is 4. The number of thiophene rings is 1. The summed E-state index contributed by atoms with van der Waals surface area (Å²) >= 11 is 6.95. The molecule has 26 heavy (non-hydrogen) atoms. The molecule has 132 valence electrons. The van der Waals surface area contributed by atoms with Gasteiger partial charge in [-0.25, -0.2) is 9.97 Å². The Balaban J connectivity index is 1.72. The van der Waals surface area contributed by atoms with Gasteiger partial charge in [0.2, 0.25) is 5.82 Å². The van der Waals surface area contributed by atoms with Gasteiger partial charge in [-0.3, -0.25) is 0 Å². The maximum absolute atomic E-state index is 13.1. The summed E-state index contributed by atoms with van der Waals surface area (Å²) in [5, 5.41) is 11.4. The van der Waals surface area contributed by atoms with E-state index in [2.05, 4.69) is 36.1 Å². The molecular formula is C15H6BrF3N4S3. The third kappa shape index (κ3) is 3.48. The molecule has 0 spiro atoms. The number of benzene rings is 1. The number of fused-ring (bicyclic) bond motifs is 1. The summed E-state index contributed by atoms with van der Waals surface area (Å²) < 4.78 is 40.5. The number of hydrogen-bond donors (Lipinski definition) is 0. The van der Waals surface area contributed by atoms with Crippen molar-refractivity contribution in [1.29, 1.82) is 0 Å². The molecule has 0 amide bonds. The van der Waals surface area contributed by atoms with E-state index in [1.54, 1.807) is 11.4 Å². The van der Waals surface area contributed by atoms with Crippen LogP contribution in [0, 0.1) is 0 Å². The molecule has 4 nitrogen and oxygen atoms in total. The SMILES string of the molecule is FC(F)(F)c1nc(Sc2nnc(-c3ccccc3Br)s2)c2ccsc2n1. The molecule has 0 atom stereocenters. The van der Waals surface area contributed by atoms with Crippen molar-refractivity contribution in [2.75, 3.05) is 0 Å². The quantitative estimate of drug-likeness (QED) is 0.333. The van der Waals surface area contributed by atoms with E-state index in [1.165, 1.54) is 11.3 Å². The third-order valence-electron chi connectivity index (χ3n) is 3.24. The van der Waals surface area contributed by atoms with E-state index in [0.717, 1.165) is 33.1 Å². The van der Waals surface area contributed by atoms with Gasteiger partial charge in [-0.15, -0.1) is 21.5 Å². The zero-order valence-electron chi connectivity index (χ0n) is 12.5. The van der Waals surface area contributed by atoms with Crippen molar-refractivity contribution in [1.82, 2.24) is 20.2 Å². The van der Waals surface area contributed by atoms with Crippen LogP contribution in [0.5, 0.6) is 0 Å². The molecule has 0 radical (unpaired) electrons. The monoisotopic (exact) mass is 474 g/mol. The lowest BCUT2D eigenvalue weighted by atomic mass is 10.2.